The molecule has 2 unspecified atom stereocenters. The van der Waals surface area contributed by atoms with Crippen molar-refractivity contribution in [2.75, 3.05) is 0 Å². The Bertz CT molecular complexity index is 141. The first-order valence-corrected chi connectivity index (χ1v) is 5.58. The summed E-state index contributed by atoms with van der Waals surface area (Å²) in [5.41, 5.74) is 5.83. The molecule has 0 aromatic heterocycles. The van der Waals surface area contributed by atoms with Crippen LogP contribution in [0.25, 0.3) is 0 Å². The molecule has 0 aromatic carbocycles. The van der Waals surface area contributed by atoms with Gasteiger partial charge in [-0.2, -0.15) is 0 Å². The molecule has 78 valence electrons. The van der Waals surface area contributed by atoms with Gasteiger partial charge in [0.25, 0.3) is 0 Å². The first-order valence-electron chi connectivity index (χ1n) is 5.58. The number of hydrogen-bond donors (Lipinski definition) is 2. The van der Waals surface area contributed by atoms with E-state index in [9.17, 15) is 5.11 Å². The average Bonchev–Trinajstić information content (AvgIpc) is 2.17. The SMILES string of the molecule is CCC(N)C(O)C1CCC(C)CC1. The maximum Gasteiger partial charge on any atom is 0.0719 e. The highest BCUT2D eigenvalue weighted by atomic mass is 16.3. The molecule has 1 fully saturated rings. The summed E-state index contributed by atoms with van der Waals surface area (Å²) in [5.74, 6) is 1.31. The molecule has 0 aliphatic heterocycles. The van der Waals surface area contributed by atoms with Gasteiger partial charge < -0.3 is 10.8 Å². The van der Waals surface area contributed by atoms with E-state index in [1.165, 1.54) is 12.8 Å². The minimum atomic E-state index is -0.266. The van der Waals surface area contributed by atoms with Crippen LogP contribution in [0, 0.1) is 11.8 Å². The third-order valence-electron chi connectivity index (χ3n) is 3.45. The molecule has 2 nitrogen and oxygen atoms in total. The largest absolute Gasteiger partial charge is 0.391 e. The van der Waals surface area contributed by atoms with Crippen LogP contribution in [0.3, 0.4) is 0 Å². The Balaban J connectivity index is 2.35. The normalized spacial score (nSPS) is 34.2. The molecule has 0 bridgehead atoms. The summed E-state index contributed by atoms with van der Waals surface area (Å²) in [6, 6.07) is -0.0154. The molecule has 13 heavy (non-hydrogen) atoms. The molecule has 0 heterocycles. The monoisotopic (exact) mass is 185 g/mol. The summed E-state index contributed by atoms with van der Waals surface area (Å²) >= 11 is 0. The lowest BCUT2D eigenvalue weighted by molar-refractivity contribution is 0.0535. The van der Waals surface area contributed by atoms with Gasteiger partial charge in [-0.1, -0.05) is 26.7 Å². The van der Waals surface area contributed by atoms with Gasteiger partial charge in [-0.05, 0) is 31.1 Å². The minimum absolute atomic E-state index is 0.0154. The Morgan fingerprint density at radius 1 is 1.31 bits per heavy atom. The third kappa shape index (κ3) is 2.96. The van der Waals surface area contributed by atoms with E-state index >= 15 is 0 Å². The summed E-state index contributed by atoms with van der Waals surface area (Å²) in [4.78, 5) is 0. The molecule has 0 radical (unpaired) electrons. The number of nitrogens with two attached hydrogens (primary N) is 1. The molecular formula is C11H23NO. The lowest BCUT2D eigenvalue weighted by atomic mass is 9.78. The van der Waals surface area contributed by atoms with Gasteiger partial charge in [0.1, 0.15) is 0 Å². The zero-order chi connectivity index (χ0) is 9.84. The maximum atomic E-state index is 9.90. The van der Waals surface area contributed by atoms with E-state index in [-0.39, 0.29) is 12.1 Å². The van der Waals surface area contributed by atoms with Crippen LogP contribution in [-0.2, 0) is 0 Å². The van der Waals surface area contributed by atoms with Crippen LogP contribution in [0.1, 0.15) is 46.0 Å². The summed E-state index contributed by atoms with van der Waals surface area (Å²) < 4.78 is 0. The molecule has 0 saturated heterocycles. The van der Waals surface area contributed by atoms with Crippen molar-refractivity contribution < 1.29 is 5.11 Å². The lowest BCUT2D eigenvalue weighted by Gasteiger charge is -2.32. The van der Waals surface area contributed by atoms with E-state index in [4.69, 9.17) is 5.73 Å². The number of aliphatic hydroxyl groups excluding tert-OH is 1. The van der Waals surface area contributed by atoms with Crippen molar-refractivity contribution in [1.82, 2.24) is 0 Å². The maximum absolute atomic E-state index is 9.90. The van der Waals surface area contributed by atoms with Gasteiger partial charge in [0.2, 0.25) is 0 Å². The zero-order valence-electron chi connectivity index (χ0n) is 8.87. The van der Waals surface area contributed by atoms with E-state index in [1.54, 1.807) is 0 Å². The Hall–Kier alpha value is -0.0800. The van der Waals surface area contributed by atoms with Gasteiger partial charge in [-0.15, -0.1) is 0 Å². The number of rotatable bonds is 3. The van der Waals surface area contributed by atoms with Crippen molar-refractivity contribution in [3.63, 3.8) is 0 Å². The van der Waals surface area contributed by atoms with Crippen molar-refractivity contribution in [3.05, 3.63) is 0 Å². The van der Waals surface area contributed by atoms with Crippen LogP contribution in [0.4, 0.5) is 0 Å². The van der Waals surface area contributed by atoms with Crippen LogP contribution in [0.5, 0.6) is 0 Å². The highest BCUT2D eigenvalue weighted by molar-refractivity contribution is 4.81. The summed E-state index contributed by atoms with van der Waals surface area (Å²) in [6.45, 7) is 4.34. The van der Waals surface area contributed by atoms with Crippen LogP contribution in [0.15, 0.2) is 0 Å². The van der Waals surface area contributed by atoms with Gasteiger partial charge in [-0.3, -0.25) is 0 Å². The van der Waals surface area contributed by atoms with Crippen molar-refractivity contribution in [2.24, 2.45) is 17.6 Å². The van der Waals surface area contributed by atoms with Crippen molar-refractivity contribution in [1.29, 1.82) is 0 Å². The second-order valence-electron chi connectivity index (χ2n) is 4.58. The fraction of sp³-hybridized carbons (Fsp3) is 1.00. The second-order valence-corrected chi connectivity index (χ2v) is 4.58. The molecule has 1 saturated carbocycles. The highest BCUT2D eigenvalue weighted by Gasteiger charge is 2.27. The zero-order valence-corrected chi connectivity index (χ0v) is 8.87. The van der Waals surface area contributed by atoms with Crippen LogP contribution < -0.4 is 5.73 Å². The van der Waals surface area contributed by atoms with E-state index in [2.05, 4.69) is 6.92 Å². The van der Waals surface area contributed by atoms with Crippen molar-refractivity contribution in [2.45, 2.75) is 58.1 Å². The first-order chi connectivity index (χ1) is 6.15. The van der Waals surface area contributed by atoms with Crippen molar-refractivity contribution in [3.8, 4) is 0 Å². The van der Waals surface area contributed by atoms with Gasteiger partial charge in [0.05, 0.1) is 6.10 Å². The van der Waals surface area contributed by atoms with E-state index in [1.807, 2.05) is 6.92 Å². The highest BCUT2D eigenvalue weighted by Crippen LogP contribution is 2.31. The molecule has 3 N–H and O–H groups in total. The quantitative estimate of drug-likeness (QED) is 0.705. The minimum Gasteiger partial charge on any atom is -0.391 e. The van der Waals surface area contributed by atoms with Crippen LogP contribution >= 0.6 is 0 Å². The Morgan fingerprint density at radius 3 is 2.31 bits per heavy atom. The second kappa shape index (κ2) is 4.97. The standard InChI is InChI=1S/C11H23NO/c1-3-10(12)11(13)9-6-4-8(2)5-7-9/h8-11,13H,3-7,12H2,1-2H3. The average molecular weight is 185 g/mol. The first kappa shape index (κ1) is 11.0. The van der Waals surface area contributed by atoms with E-state index < -0.39 is 0 Å². The van der Waals surface area contributed by atoms with Crippen LogP contribution in [0.2, 0.25) is 0 Å². The lowest BCUT2D eigenvalue weighted by Crippen LogP contribution is -2.40. The predicted molar refractivity (Wildman–Crippen MR) is 55.4 cm³/mol. The molecule has 1 aliphatic carbocycles. The molecule has 1 aliphatic rings. The molecule has 0 spiro atoms. The third-order valence-corrected chi connectivity index (χ3v) is 3.45. The molecule has 1 rings (SSSR count). The Morgan fingerprint density at radius 2 is 1.85 bits per heavy atom. The molecular weight excluding hydrogens is 162 g/mol. The predicted octanol–water partition coefficient (Wildman–Crippen LogP) is 1.91. The Labute approximate surface area is 81.5 Å². The fourth-order valence-corrected chi connectivity index (χ4v) is 2.22. The van der Waals surface area contributed by atoms with Crippen molar-refractivity contribution >= 4 is 0 Å². The summed E-state index contributed by atoms with van der Waals surface area (Å²) in [6.07, 6.45) is 5.47. The van der Waals surface area contributed by atoms with E-state index in [0.29, 0.717) is 5.92 Å². The molecule has 2 atom stereocenters. The molecule has 2 heteroatoms. The molecule has 0 aromatic rings. The fourth-order valence-electron chi connectivity index (χ4n) is 2.22. The summed E-state index contributed by atoms with van der Waals surface area (Å²) in [7, 11) is 0. The van der Waals surface area contributed by atoms with E-state index in [0.717, 1.165) is 25.2 Å². The smallest absolute Gasteiger partial charge is 0.0719 e. The Kier molecular flexibility index (Phi) is 4.20. The number of hydrogen-bond acceptors (Lipinski definition) is 2. The summed E-state index contributed by atoms with van der Waals surface area (Å²) in [5, 5.41) is 9.90. The number of aliphatic hydroxyl groups is 1. The van der Waals surface area contributed by atoms with Gasteiger partial charge in [-0.25, -0.2) is 0 Å². The van der Waals surface area contributed by atoms with Gasteiger partial charge in [0.15, 0.2) is 0 Å². The topological polar surface area (TPSA) is 46.2 Å². The van der Waals surface area contributed by atoms with Gasteiger partial charge in [0, 0.05) is 6.04 Å². The van der Waals surface area contributed by atoms with Crippen LogP contribution in [-0.4, -0.2) is 17.3 Å². The van der Waals surface area contributed by atoms with Gasteiger partial charge >= 0.3 is 0 Å². The molecule has 0 amide bonds.